The molecule has 2 heterocycles. The van der Waals surface area contributed by atoms with Crippen molar-refractivity contribution in [2.45, 2.75) is 39.2 Å². The number of hydrogen-bond acceptors (Lipinski definition) is 5. The number of benzene rings is 1. The van der Waals surface area contributed by atoms with Crippen LogP contribution in [-0.2, 0) is 16.1 Å². The highest BCUT2D eigenvalue weighted by Crippen LogP contribution is 2.20. The molecule has 1 aliphatic heterocycles. The smallest absolute Gasteiger partial charge is 0.224 e. The fourth-order valence-corrected chi connectivity index (χ4v) is 4.38. The molecular weight excluding hydrogens is 386 g/mol. The fourth-order valence-electron chi connectivity index (χ4n) is 3.54. The summed E-state index contributed by atoms with van der Waals surface area (Å²) in [6, 6.07) is 11.4. The number of anilines is 1. The Morgan fingerprint density at radius 3 is 2.55 bits per heavy atom. The minimum atomic E-state index is -0.222. The average molecular weight is 414 g/mol. The Hall–Kier alpha value is -2.51. The monoisotopic (exact) mass is 413 g/mol. The Morgan fingerprint density at radius 1 is 1.14 bits per heavy atom. The number of carbonyl (C=O) groups is 3. The molecule has 0 bridgehead atoms. The van der Waals surface area contributed by atoms with Gasteiger partial charge in [0.05, 0.1) is 10.8 Å². The minimum absolute atomic E-state index is 0.00407. The number of ketones is 1. The van der Waals surface area contributed by atoms with E-state index in [1.807, 2.05) is 43.3 Å². The summed E-state index contributed by atoms with van der Waals surface area (Å²) >= 11 is 1.46. The quantitative estimate of drug-likeness (QED) is 0.649. The lowest BCUT2D eigenvalue weighted by Crippen LogP contribution is -2.40. The molecule has 0 aliphatic carbocycles. The molecule has 1 saturated heterocycles. The number of piperidine rings is 1. The van der Waals surface area contributed by atoms with Crippen LogP contribution in [0.1, 0.15) is 45.8 Å². The predicted molar refractivity (Wildman–Crippen MR) is 115 cm³/mol. The van der Waals surface area contributed by atoms with Crippen LogP contribution >= 0.6 is 11.3 Å². The van der Waals surface area contributed by atoms with Crippen LogP contribution < -0.4 is 11.1 Å². The zero-order valence-electron chi connectivity index (χ0n) is 16.6. The lowest BCUT2D eigenvalue weighted by atomic mass is 9.97. The first-order valence-corrected chi connectivity index (χ1v) is 10.7. The van der Waals surface area contributed by atoms with Crippen molar-refractivity contribution < 1.29 is 14.4 Å². The van der Waals surface area contributed by atoms with Crippen molar-refractivity contribution in [2.75, 3.05) is 18.4 Å². The molecule has 0 radical (unpaired) electrons. The largest absolute Gasteiger partial charge is 0.369 e. The van der Waals surface area contributed by atoms with E-state index in [1.54, 1.807) is 0 Å². The van der Waals surface area contributed by atoms with Gasteiger partial charge in [-0.1, -0.05) is 12.1 Å². The number of nitrogens with zero attached hydrogens (tertiary/aromatic N) is 1. The zero-order valence-corrected chi connectivity index (χ0v) is 17.5. The number of carbonyl (C=O) groups excluding carboxylic acids is 3. The molecule has 7 heteroatoms. The molecule has 154 valence electrons. The normalized spacial score (nSPS) is 17.1. The second kappa shape index (κ2) is 9.80. The second-order valence-corrected chi connectivity index (χ2v) is 8.84. The molecule has 29 heavy (non-hydrogen) atoms. The predicted octanol–water partition coefficient (Wildman–Crippen LogP) is 3.36. The molecule has 1 aromatic carbocycles. The van der Waals surface area contributed by atoms with Crippen molar-refractivity contribution in [2.24, 2.45) is 11.7 Å². The third-order valence-electron chi connectivity index (χ3n) is 5.15. The Morgan fingerprint density at radius 2 is 1.90 bits per heavy atom. The molecule has 1 aliphatic rings. The Kier molecular flexibility index (Phi) is 7.17. The van der Waals surface area contributed by atoms with Crippen molar-refractivity contribution in [3.05, 3.63) is 51.7 Å². The zero-order chi connectivity index (χ0) is 20.8. The maximum atomic E-state index is 12.1. The molecule has 1 unspecified atom stereocenters. The number of nitrogens with one attached hydrogen (secondary N) is 1. The number of rotatable bonds is 8. The molecule has 6 nitrogen and oxygen atoms in total. The molecule has 0 spiro atoms. The average Bonchev–Trinajstić information content (AvgIpc) is 3.14. The van der Waals surface area contributed by atoms with Gasteiger partial charge in [-0.2, -0.15) is 0 Å². The van der Waals surface area contributed by atoms with E-state index < -0.39 is 0 Å². The first-order chi connectivity index (χ1) is 13.9. The maximum Gasteiger partial charge on any atom is 0.224 e. The van der Waals surface area contributed by atoms with E-state index in [9.17, 15) is 14.4 Å². The Labute approximate surface area is 175 Å². The van der Waals surface area contributed by atoms with Crippen molar-refractivity contribution in [3.63, 3.8) is 0 Å². The van der Waals surface area contributed by atoms with Gasteiger partial charge >= 0.3 is 0 Å². The summed E-state index contributed by atoms with van der Waals surface area (Å²) in [5.41, 5.74) is 7.28. The Balaban J connectivity index is 1.45. The summed E-state index contributed by atoms with van der Waals surface area (Å²) < 4.78 is 0. The molecule has 2 amide bonds. The van der Waals surface area contributed by atoms with E-state index in [2.05, 4.69) is 10.2 Å². The van der Waals surface area contributed by atoms with Crippen LogP contribution in [0.4, 0.5) is 5.69 Å². The number of amides is 2. The van der Waals surface area contributed by atoms with Gasteiger partial charge in [0.1, 0.15) is 0 Å². The van der Waals surface area contributed by atoms with Crippen molar-refractivity contribution >= 4 is 34.6 Å². The van der Waals surface area contributed by atoms with Gasteiger partial charge in [0.15, 0.2) is 5.78 Å². The Bertz CT molecular complexity index is 876. The summed E-state index contributed by atoms with van der Waals surface area (Å²) in [5.74, 6) is -0.451. The fraction of sp³-hybridized carbons (Fsp3) is 0.409. The van der Waals surface area contributed by atoms with E-state index in [0.717, 1.165) is 36.4 Å². The van der Waals surface area contributed by atoms with Crippen molar-refractivity contribution in [1.82, 2.24) is 4.90 Å². The van der Waals surface area contributed by atoms with Crippen LogP contribution in [0.25, 0.3) is 0 Å². The molecule has 2 aromatic rings. The first kappa shape index (κ1) is 21.2. The standard InChI is InChI=1S/C22H27N3O3S/c1-15-4-10-20(29-15)19(26)9-11-21(27)24-18-7-5-16(6-8-18)13-25-12-2-3-17(14-25)22(23)28/h4-8,10,17H,2-3,9,11-14H2,1H3,(H2,23,28)(H,24,27). The molecule has 1 atom stereocenters. The van der Waals surface area contributed by atoms with E-state index in [-0.39, 0.29) is 36.4 Å². The van der Waals surface area contributed by atoms with Gasteiger partial charge in [0, 0.05) is 36.5 Å². The lowest BCUT2D eigenvalue weighted by molar-refractivity contribution is -0.123. The highest BCUT2D eigenvalue weighted by Gasteiger charge is 2.23. The summed E-state index contributed by atoms with van der Waals surface area (Å²) in [5, 5.41) is 2.84. The SMILES string of the molecule is Cc1ccc(C(=O)CCC(=O)Nc2ccc(CN3CCCC(C(N)=O)C3)cc2)s1. The summed E-state index contributed by atoms with van der Waals surface area (Å²) in [7, 11) is 0. The topological polar surface area (TPSA) is 92.5 Å². The van der Waals surface area contributed by atoms with Crippen LogP contribution in [0, 0.1) is 12.8 Å². The molecule has 3 rings (SSSR count). The van der Waals surface area contributed by atoms with Crippen LogP contribution in [0.2, 0.25) is 0 Å². The lowest BCUT2D eigenvalue weighted by Gasteiger charge is -2.31. The van der Waals surface area contributed by atoms with Crippen molar-refractivity contribution in [3.8, 4) is 0 Å². The third kappa shape index (κ3) is 6.24. The first-order valence-electron chi connectivity index (χ1n) is 9.91. The van der Waals surface area contributed by atoms with Gasteiger partial charge in [-0.3, -0.25) is 19.3 Å². The molecule has 1 aromatic heterocycles. The number of Topliss-reactive ketones (excluding diaryl/α,β-unsaturated/α-hetero) is 1. The summed E-state index contributed by atoms with van der Waals surface area (Å²) in [6.07, 6.45) is 2.22. The maximum absolute atomic E-state index is 12.1. The van der Waals surface area contributed by atoms with Gasteiger partial charge in [-0.05, 0) is 56.1 Å². The summed E-state index contributed by atoms with van der Waals surface area (Å²) in [6.45, 7) is 4.37. The number of aryl methyl sites for hydroxylation is 1. The van der Waals surface area contributed by atoms with Gasteiger partial charge in [-0.25, -0.2) is 0 Å². The van der Waals surface area contributed by atoms with Crippen LogP contribution in [-0.4, -0.2) is 35.6 Å². The number of likely N-dealkylation sites (tertiary alicyclic amines) is 1. The van der Waals surface area contributed by atoms with Gasteiger partial charge < -0.3 is 11.1 Å². The van der Waals surface area contributed by atoms with E-state index in [4.69, 9.17) is 5.73 Å². The number of primary amides is 1. The highest BCUT2D eigenvalue weighted by molar-refractivity contribution is 7.14. The van der Waals surface area contributed by atoms with Gasteiger partial charge in [0.2, 0.25) is 11.8 Å². The van der Waals surface area contributed by atoms with Gasteiger partial charge in [-0.15, -0.1) is 11.3 Å². The molecule has 0 saturated carbocycles. The van der Waals surface area contributed by atoms with E-state index in [0.29, 0.717) is 17.1 Å². The van der Waals surface area contributed by atoms with Crippen molar-refractivity contribution in [1.29, 1.82) is 0 Å². The van der Waals surface area contributed by atoms with Crippen LogP contribution in [0.15, 0.2) is 36.4 Å². The number of hydrogen-bond donors (Lipinski definition) is 2. The van der Waals surface area contributed by atoms with Crippen LogP contribution in [0.5, 0.6) is 0 Å². The molecular formula is C22H27N3O3S. The number of thiophene rings is 1. The molecule has 3 N–H and O–H groups in total. The van der Waals surface area contributed by atoms with Gasteiger partial charge in [0.25, 0.3) is 0 Å². The van der Waals surface area contributed by atoms with Crippen LogP contribution in [0.3, 0.4) is 0 Å². The number of nitrogens with two attached hydrogens (primary N) is 1. The third-order valence-corrected chi connectivity index (χ3v) is 6.19. The minimum Gasteiger partial charge on any atom is -0.369 e. The second-order valence-electron chi connectivity index (χ2n) is 7.56. The molecule has 1 fully saturated rings. The summed E-state index contributed by atoms with van der Waals surface area (Å²) in [4.78, 5) is 39.7. The van der Waals surface area contributed by atoms with E-state index in [1.165, 1.54) is 11.3 Å². The highest BCUT2D eigenvalue weighted by atomic mass is 32.1. The van der Waals surface area contributed by atoms with E-state index >= 15 is 0 Å².